The zero-order chi connectivity index (χ0) is 18.4. The summed E-state index contributed by atoms with van der Waals surface area (Å²) in [5, 5.41) is 3.24. The highest BCUT2D eigenvalue weighted by atomic mass is 16.2. The molecule has 0 aromatic carbocycles. The molecule has 2 aliphatic heterocycles. The van der Waals surface area contributed by atoms with E-state index in [1.807, 2.05) is 18.0 Å². The Bertz CT molecular complexity index is 552. The second-order valence-corrected chi connectivity index (χ2v) is 7.41. The van der Waals surface area contributed by atoms with Crippen LogP contribution in [0.25, 0.3) is 0 Å². The Balaban J connectivity index is 1.45. The van der Waals surface area contributed by atoms with E-state index in [-0.39, 0.29) is 11.9 Å². The number of amides is 1. The number of nitrogens with one attached hydrogen (secondary N) is 1. The monoisotopic (exact) mass is 360 g/mol. The highest BCUT2D eigenvalue weighted by molar-refractivity contribution is 5.81. The van der Waals surface area contributed by atoms with Crippen LogP contribution in [-0.4, -0.2) is 84.6 Å². The van der Waals surface area contributed by atoms with E-state index in [4.69, 9.17) is 0 Å². The summed E-state index contributed by atoms with van der Waals surface area (Å²) in [6.45, 7) is 8.35. The summed E-state index contributed by atoms with van der Waals surface area (Å²) < 4.78 is 0. The second-order valence-electron chi connectivity index (χ2n) is 7.41. The summed E-state index contributed by atoms with van der Waals surface area (Å²) in [5.74, 6) is 1.83. The van der Waals surface area contributed by atoms with E-state index in [2.05, 4.69) is 32.0 Å². The van der Waals surface area contributed by atoms with Crippen LogP contribution >= 0.6 is 0 Å². The predicted octanol–water partition coefficient (Wildman–Crippen LogP) is 0.835. The molecule has 1 aromatic rings. The van der Waals surface area contributed by atoms with Crippen molar-refractivity contribution >= 4 is 11.9 Å². The number of piperidine rings is 1. The molecule has 1 unspecified atom stereocenters. The van der Waals surface area contributed by atoms with Gasteiger partial charge in [-0.25, -0.2) is 9.97 Å². The van der Waals surface area contributed by atoms with Gasteiger partial charge in [-0.2, -0.15) is 0 Å². The molecule has 26 heavy (non-hydrogen) atoms. The molecular weight excluding hydrogens is 328 g/mol. The molecule has 1 aromatic heterocycles. The average Bonchev–Trinajstić information content (AvgIpc) is 2.72. The first kappa shape index (κ1) is 19.0. The third kappa shape index (κ3) is 4.71. The topological polar surface area (TPSA) is 64.6 Å². The SMILES string of the molecule is CNCCC1CCN(C(C)C(=O)N2CCN(c3ncccn3)CC2)CC1. The van der Waals surface area contributed by atoms with Crippen LogP contribution in [0.15, 0.2) is 18.5 Å². The van der Waals surface area contributed by atoms with Gasteiger partial charge in [0.15, 0.2) is 0 Å². The number of aromatic nitrogens is 2. The molecule has 2 saturated heterocycles. The Hall–Kier alpha value is -1.73. The van der Waals surface area contributed by atoms with E-state index in [0.29, 0.717) is 0 Å². The van der Waals surface area contributed by atoms with E-state index in [1.54, 1.807) is 12.4 Å². The molecule has 0 saturated carbocycles. The number of anilines is 1. The summed E-state index contributed by atoms with van der Waals surface area (Å²) in [6, 6.07) is 1.81. The smallest absolute Gasteiger partial charge is 0.239 e. The first-order valence-electron chi connectivity index (χ1n) is 9.88. The predicted molar refractivity (Wildman–Crippen MR) is 103 cm³/mol. The van der Waals surface area contributed by atoms with Crippen LogP contribution in [0.4, 0.5) is 5.95 Å². The molecule has 0 spiro atoms. The van der Waals surface area contributed by atoms with Crippen molar-refractivity contribution in [1.82, 2.24) is 25.1 Å². The number of rotatable bonds is 6. The average molecular weight is 361 g/mol. The zero-order valence-electron chi connectivity index (χ0n) is 16.1. The van der Waals surface area contributed by atoms with Crippen LogP contribution in [0, 0.1) is 5.92 Å². The van der Waals surface area contributed by atoms with Gasteiger partial charge < -0.3 is 15.1 Å². The quantitative estimate of drug-likeness (QED) is 0.811. The molecule has 0 aliphatic carbocycles. The molecule has 1 atom stereocenters. The number of carbonyl (C=O) groups is 1. The van der Waals surface area contributed by atoms with E-state index in [9.17, 15) is 4.79 Å². The number of nitrogens with zero attached hydrogens (tertiary/aromatic N) is 5. The number of hydrogen-bond donors (Lipinski definition) is 1. The van der Waals surface area contributed by atoms with E-state index in [0.717, 1.165) is 57.7 Å². The maximum Gasteiger partial charge on any atom is 0.239 e. The van der Waals surface area contributed by atoms with E-state index < -0.39 is 0 Å². The number of hydrogen-bond acceptors (Lipinski definition) is 6. The Morgan fingerprint density at radius 3 is 2.42 bits per heavy atom. The third-order valence-electron chi connectivity index (χ3n) is 5.78. The summed E-state index contributed by atoms with van der Waals surface area (Å²) in [5.41, 5.74) is 0. The fourth-order valence-electron chi connectivity index (χ4n) is 3.98. The van der Waals surface area contributed by atoms with Gasteiger partial charge in [-0.1, -0.05) is 0 Å². The summed E-state index contributed by atoms with van der Waals surface area (Å²) >= 11 is 0. The van der Waals surface area contributed by atoms with Gasteiger partial charge in [0.25, 0.3) is 0 Å². The molecule has 1 amide bonds. The Kier molecular flexibility index (Phi) is 6.80. The molecule has 0 bridgehead atoms. The minimum atomic E-state index is -0.0141. The van der Waals surface area contributed by atoms with Gasteiger partial charge in [-0.3, -0.25) is 9.69 Å². The van der Waals surface area contributed by atoms with Crippen molar-refractivity contribution in [2.75, 3.05) is 57.8 Å². The first-order valence-corrected chi connectivity index (χ1v) is 9.88. The highest BCUT2D eigenvalue weighted by Gasteiger charge is 2.31. The molecule has 3 rings (SSSR count). The molecule has 7 nitrogen and oxygen atoms in total. The molecule has 2 aliphatic rings. The third-order valence-corrected chi connectivity index (χ3v) is 5.78. The van der Waals surface area contributed by atoms with E-state index in [1.165, 1.54) is 19.3 Å². The van der Waals surface area contributed by atoms with Crippen LogP contribution in [0.1, 0.15) is 26.2 Å². The number of carbonyl (C=O) groups excluding carboxylic acids is 1. The molecule has 3 heterocycles. The van der Waals surface area contributed by atoms with Gasteiger partial charge in [-0.05, 0) is 64.9 Å². The van der Waals surface area contributed by atoms with Crippen molar-refractivity contribution in [2.24, 2.45) is 5.92 Å². The van der Waals surface area contributed by atoms with Crippen LogP contribution in [0.2, 0.25) is 0 Å². The summed E-state index contributed by atoms with van der Waals surface area (Å²) in [6.07, 6.45) is 7.19. The van der Waals surface area contributed by atoms with Crippen molar-refractivity contribution in [3.05, 3.63) is 18.5 Å². The van der Waals surface area contributed by atoms with Crippen molar-refractivity contribution in [3.8, 4) is 0 Å². The Labute approximate surface area is 156 Å². The largest absolute Gasteiger partial charge is 0.338 e. The molecule has 0 radical (unpaired) electrons. The van der Waals surface area contributed by atoms with Crippen molar-refractivity contribution in [2.45, 2.75) is 32.2 Å². The molecule has 2 fully saturated rings. The van der Waals surface area contributed by atoms with Crippen LogP contribution < -0.4 is 10.2 Å². The molecule has 1 N–H and O–H groups in total. The van der Waals surface area contributed by atoms with Gasteiger partial charge in [0.05, 0.1) is 6.04 Å². The van der Waals surface area contributed by atoms with Crippen molar-refractivity contribution < 1.29 is 4.79 Å². The minimum Gasteiger partial charge on any atom is -0.338 e. The van der Waals surface area contributed by atoms with Gasteiger partial charge in [0, 0.05) is 38.6 Å². The Morgan fingerprint density at radius 1 is 1.15 bits per heavy atom. The minimum absolute atomic E-state index is 0.0141. The normalized spacial score (nSPS) is 21.0. The van der Waals surface area contributed by atoms with Crippen LogP contribution in [0.3, 0.4) is 0 Å². The summed E-state index contributed by atoms with van der Waals surface area (Å²) in [7, 11) is 2.01. The fourth-order valence-corrected chi connectivity index (χ4v) is 3.98. The van der Waals surface area contributed by atoms with Crippen LogP contribution in [-0.2, 0) is 4.79 Å². The van der Waals surface area contributed by atoms with Crippen molar-refractivity contribution in [3.63, 3.8) is 0 Å². The number of piperazine rings is 1. The summed E-state index contributed by atoms with van der Waals surface area (Å²) in [4.78, 5) is 28.1. The van der Waals surface area contributed by atoms with Gasteiger partial charge in [0.1, 0.15) is 0 Å². The standard InChI is InChI=1S/C19H32N6O/c1-16(23-10-5-17(6-11-23)4-9-20-2)18(26)24-12-14-25(15-13-24)19-21-7-3-8-22-19/h3,7-8,16-17,20H,4-6,9-15H2,1-2H3. The Morgan fingerprint density at radius 2 is 1.81 bits per heavy atom. The fraction of sp³-hybridized carbons (Fsp3) is 0.737. The maximum absolute atomic E-state index is 12.9. The second kappa shape index (κ2) is 9.28. The maximum atomic E-state index is 12.9. The van der Waals surface area contributed by atoms with Gasteiger partial charge >= 0.3 is 0 Å². The molecular formula is C19H32N6O. The van der Waals surface area contributed by atoms with E-state index >= 15 is 0 Å². The van der Waals surface area contributed by atoms with Crippen LogP contribution in [0.5, 0.6) is 0 Å². The first-order chi connectivity index (χ1) is 12.7. The lowest BCUT2D eigenvalue weighted by molar-refractivity contribution is -0.137. The van der Waals surface area contributed by atoms with Gasteiger partial charge in [-0.15, -0.1) is 0 Å². The lowest BCUT2D eigenvalue weighted by Crippen LogP contribution is -2.55. The lowest BCUT2D eigenvalue weighted by atomic mass is 9.92. The zero-order valence-corrected chi connectivity index (χ0v) is 16.1. The van der Waals surface area contributed by atoms with Crippen molar-refractivity contribution in [1.29, 1.82) is 0 Å². The molecule has 144 valence electrons. The highest BCUT2D eigenvalue weighted by Crippen LogP contribution is 2.22. The molecule has 7 heteroatoms. The lowest BCUT2D eigenvalue weighted by Gasteiger charge is -2.40. The van der Waals surface area contributed by atoms with Gasteiger partial charge in [0.2, 0.25) is 11.9 Å². The number of likely N-dealkylation sites (tertiary alicyclic amines) is 1.